The van der Waals surface area contributed by atoms with Crippen molar-refractivity contribution in [2.45, 2.75) is 33.6 Å². The van der Waals surface area contributed by atoms with Gasteiger partial charge in [0.15, 0.2) is 0 Å². The summed E-state index contributed by atoms with van der Waals surface area (Å²) in [6, 6.07) is 16.0. The van der Waals surface area contributed by atoms with E-state index >= 15 is 0 Å². The molecule has 1 aromatic heterocycles. The molecule has 0 radical (unpaired) electrons. The molecule has 4 rings (SSSR count). The van der Waals surface area contributed by atoms with Crippen molar-refractivity contribution in [1.29, 1.82) is 0 Å². The normalized spacial score (nSPS) is 14.2. The van der Waals surface area contributed by atoms with Crippen molar-refractivity contribution >= 4 is 11.7 Å². The molecule has 2 heterocycles. The van der Waals surface area contributed by atoms with Crippen LogP contribution in [0, 0.1) is 20.8 Å². The van der Waals surface area contributed by atoms with Crippen LogP contribution in [0.1, 0.15) is 45.0 Å². The number of nitrogens with zero attached hydrogens (tertiary/aromatic N) is 4. The van der Waals surface area contributed by atoms with Crippen LogP contribution in [0.4, 0.5) is 5.82 Å². The second-order valence-corrected chi connectivity index (χ2v) is 8.68. The van der Waals surface area contributed by atoms with Gasteiger partial charge in [-0.25, -0.2) is 9.97 Å². The molecule has 1 fully saturated rings. The zero-order valence-electron chi connectivity index (χ0n) is 20.0. The molecule has 2 aromatic carbocycles. The lowest BCUT2D eigenvalue weighted by molar-refractivity contribution is 0.0767. The van der Waals surface area contributed by atoms with Crippen LogP contribution in [0.25, 0.3) is 0 Å². The van der Waals surface area contributed by atoms with Gasteiger partial charge in [0.25, 0.3) is 5.91 Å². The summed E-state index contributed by atoms with van der Waals surface area (Å²) < 4.78 is 5.29. The number of methoxy groups -OCH3 is 1. The number of amides is 1. The Hall–Kier alpha value is -3.41. The Kier molecular flexibility index (Phi) is 6.92. The summed E-state index contributed by atoms with van der Waals surface area (Å²) in [5.74, 6) is 2.71. The Morgan fingerprint density at radius 1 is 0.909 bits per heavy atom. The van der Waals surface area contributed by atoms with Crippen LogP contribution in [-0.4, -0.2) is 54.1 Å². The maximum absolute atomic E-state index is 13.0. The molecule has 0 atom stereocenters. The number of carbonyl (C=O) groups is 1. The lowest BCUT2D eigenvalue weighted by Gasteiger charge is -2.26. The Labute approximate surface area is 196 Å². The fourth-order valence-corrected chi connectivity index (χ4v) is 4.34. The zero-order chi connectivity index (χ0) is 23.4. The molecule has 3 aromatic rings. The van der Waals surface area contributed by atoms with Crippen molar-refractivity contribution in [2.75, 3.05) is 38.2 Å². The molecular weight excluding hydrogens is 412 g/mol. The average molecular weight is 445 g/mol. The van der Waals surface area contributed by atoms with E-state index in [1.54, 1.807) is 7.11 Å². The largest absolute Gasteiger partial charge is 0.497 e. The molecule has 0 spiro atoms. The number of carbonyl (C=O) groups excluding carboxylic acids is 1. The summed E-state index contributed by atoms with van der Waals surface area (Å²) >= 11 is 0. The minimum atomic E-state index is 0.102. The highest BCUT2D eigenvalue weighted by Gasteiger charge is 2.23. The first kappa shape index (κ1) is 22.8. The van der Waals surface area contributed by atoms with Gasteiger partial charge in [-0.3, -0.25) is 4.79 Å². The number of anilines is 1. The number of benzene rings is 2. The van der Waals surface area contributed by atoms with Crippen LogP contribution < -0.4 is 9.64 Å². The minimum Gasteiger partial charge on any atom is -0.497 e. The minimum absolute atomic E-state index is 0.102. The summed E-state index contributed by atoms with van der Waals surface area (Å²) in [6.45, 7) is 9.08. The van der Waals surface area contributed by atoms with Gasteiger partial charge in [0.1, 0.15) is 17.4 Å². The Balaban J connectivity index is 1.54. The van der Waals surface area contributed by atoms with Crippen LogP contribution in [0.5, 0.6) is 5.75 Å². The van der Waals surface area contributed by atoms with Gasteiger partial charge in [0.05, 0.1) is 7.11 Å². The molecule has 6 nitrogen and oxygen atoms in total. The van der Waals surface area contributed by atoms with Gasteiger partial charge in [-0.05, 0) is 57.0 Å². The van der Waals surface area contributed by atoms with Gasteiger partial charge in [-0.1, -0.05) is 29.8 Å². The first-order valence-electron chi connectivity index (χ1n) is 11.5. The van der Waals surface area contributed by atoms with Crippen LogP contribution in [0.3, 0.4) is 0 Å². The molecule has 1 aliphatic heterocycles. The van der Waals surface area contributed by atoms with Crippen molar-refractivity contribution in [3.63, 3.8) is 0 Å². The first-order chi connectivity index (χ1) is 15.9. The third kappa shape index (κ3) is 5.33. The van der Waals surface area contributed by atoms with Gasteiger partial charge in [-0.15, -0.1) is 0 Å². The second kappa shape index (κ2) is 10.0. The summed E-state index contributed by atoms with van der Waals surface area (Å²) in [5, 5.41) is 0. The zero-order valence-corrected chi connectivity index (χ0v) is 20.0. The first-order valence-corrected chi connectivity index (χ1v) is 11.5. The summed E-state index contributed by atoms with van der Waals surface area (Å²) in [4.78, 5) is 26.8. The maximum Gasteiger partial charge on any atom is 0.253 e. The van der Waals surface area contributed by atoms with E-state index < -0.39 is 0 Å². The van der Waals surface area contributed by atoms with E-state index in [-0.39, 0.29) is 5.91 Å². The highest BCUT2D eigenvalue weighted by atomic mass is 16.5. The Morgan fingerprint density at radius 2 is 1.64 bits per heavy atom. The smallest absolute Gasteiger partial charge is 0.253 e. The molecule has 0 bridgehead atoms. The predicted molar refractivity (Wildman–Crippen MR) is 131 cm³/mol. The number of hydrogen-bond acceptors (Lipinski definition) is 5. The highest BCUT2D eigenvalue weighted by molar-refractivity contribution is 5.94. The second-order valence-electron chi connectivity index (χ2n) is 8.68. The third-order valence-electron chi connectivity index (χ3n) is 6.22. The lowest BCUT2D eigenvalue weighted by atomic mass is 10.0. The van der Waals surface area contributed by atoms with Crippen LogP contribution in [0.2, 0.25) is 0 Å². The van der Waals surface area contributed by atoms with Gasteiger partial charge in [0.2, 0.25) is 0 Å². The van der Waals surface area contributed by atoms with Gasteiger partial charge in [0, 0.05) is 49.4 Å². The number of aryl methyl sites for hydroxylation is 3. The van der Waals surface area contributed by atoms with E-state index in [1.807, 2.05) is 55.1 Å². The van der Waals surface area contributed by atoms with Crippen LogP contribution >= 0.6 is 0 Å². The van der Waals surface area contributed by atoms with Crippen molar-refractivity contribution in [2.24, 2.45) is 0 Å². The van der Waals surface area contributed by atoms with E-state index in [0.29, 0.717) is 6.54 Å². The molecule has 172 valence electrons. The fraction of sp³-hybridized carbons (Fsp3) is 0.370. The summed E-state index contributed by atoms with van der Waals surface area (Å²) in [7, 11) is 1.68. The Bertz CT molecular complexity index is 1110. The SMILES string of the molecule is COc1ccc(Cc2c(C)nc(C)nc2N2CCCN(C(=O)c3ccc(C)cc3)CC2)cc1. The van der Waals surface area contributed by atoms with Gasteiger partial charge in [-0.2, -0.15) is 0 Å². The van der Waals surface area contributed by atoms with E-state index in [2.05, 4.69) is 28.9 Å². The fourth-order valence-electron chi connectivity index (χ4n) is 4.34. The molecule has 33 heavy (non-hydrogen) atoms. The van der Waals surface area contributed by atoms with Gasteiger partial charge >= 0.3 is 0 Å². The number of hydrogen-bond donors (Lipinski definition) is 0. The van der Waals surface area contributed by atoms with E-state index in [0.717, 1.165) is 72.3 Å². The molecule has 0 aliphatic carbocycles. The van der Waals surface area contributed by atoms with E-state index in [1.165, 1.54) is 5.56 Å². The quantitative estimate of drug-likeness (QED) is 0.585. The van der Waals surface area contributed by atoms with E-state index in [4.69, 9.17) is 9.72 Å². The van der Waals surface area contributed by atoms with Crippen molar-refractivity contribution in [1.82, 2.24) is 14.9 Å². The maximum atomic E-state index is 13.0. The molecule has 6 heteroatoms. The van der Waals surface area contributed by atoms with E-state index in [9.17, 15) is 4.79 Å². The molecule has 1 amide bonds. The van der Waals surface area contributed by atoms with Crippen LogP contribution in [0.15, 0.2) is 48.5 Å². The third-order valence-corrected chi connectivity index (χ3v) is 6.22. The molecule has 1 aliphatic rings. The topological polar surface area (TPSA) is 58.6 Å². The highest BCUT2D eigenvalue weighted by Crippen LogP contribution is 2.26. The molecular formula is C27H32N4O2. The van der Waals surface area contributed by atoms with Gasteiger partial charge < -0.3 is 14.5 Å². The Morgan fingerprint density at radius 3 is 2.33 bits per heavy atom. The monoisotopic (exact) mass is 444 g/mol. The summed E-state index contributed by atoms with van der Waals surface area (Å²) in [5.41, 5.74) is 5.25. The van der Waals surface area contributed by atoms with Crippen molar-refractivity contribution < 1.29 is 9.53 Å². The number of aromatic nitrogens is 2. The number of ether oxygens (including phenoxy) is 1. The molecule has 1 saturated heterocycles. The molecule has 0 saturated carbocycles. The number of rotatable bonds is 5. The molecule has 0 N–H and O–H groups in total. The molecule has 0 unspecified atom stereocenters. The average Bonchev–Trinajstić information content (AvgIpc) is 3.07. The lowest BCUT2D eigenvalue weighted by Crippen LogP contribution is -2.35. The van der Waals surface area contributed by atoms with Crippen molar-refractivity contribution in [3.05, 3.63) is 82.3 Å². The predicted octanol–water partition coefficient (Wildman–Crippen LogP) is 4.35. The van der Waals surface area contributed by atoms with Crippen molar-refractivity contribution in [3.8, 4) is 5.75 Å². The van der Waals surface area contributed by atoms with Crippen LogP contribution in [-0.2, 0) is 6.42 Å². The standard InChI is InChI=1S/C27H32N4O2/c1-19-6-10-23(11-7-19)27(32)31-15-5-14-30(16-17-31)26-25(20(2)28-21(3)29-26)18-22-8-12-24(33-4)13-9-22/h6-13H,5,14-18H2,1-4H3. The summed E-state index contributed by atoms with van der Waals surface area (Å²) in [6.07, 6.45) is 1.66.